The second-order valence-corrected chi connectivity index (χ2v) is 6.82. The van der Waals surface area contributed by atoms with Gasteiger partial charge in [-0.1, -0.05) is 30.3 Å². The SMILES string of the molecule is Cc1ccccc1C(=O)Nc1ccc(NC(=O)C(C)Oc2ccccc2[N+](=O)[O-])cc1. The van der Waals surface area contributed by atoms with Crippen LogP contribution in [-0.4, -0.2) is 22.8 Å². The van der Waals surface area contributed by atoms with Crippen molar-refractivity contribution in [1.29, 1.82) is 0 Å². The molecule has 0 radical (unpaired) electrons. The average molecular weight is 419 g/mol. The van der Waals surface area contributed by atoms with E-state index in [0.717, 1.165) is 5.56 Å². The Bertz CT molecular complexity index is 1110. The summed E-state index contributed by atoms with van der Waals surface area (Å²) in [6.07, 6.45) is -0.957. The van der Waals surface area contributed by atoms with Gasteiger partial charge in [0.2, 0.25) is 0 Å². The lowest BCUT2D eigenvalue weighted by Gasteiger charge is -2.15. The molecule has 3 aromatic rings. The van der Waals surface area contributed by atoms with Gasteiger partial charge in [0.25, 0.3) is 11.8 Å². The number of nitrogens with zero attached hydrogens (tertiary/aromatic N) is 1. The number of amides is 2. The number of carbonyl (C=O) groups excluding carboxylic acids is 2. The minimum atomic E-state index is -0.957. The normalized spacial score (nSPS) is 11.3. The lowest BCUT2D eigenvalue weighted by Crippen LogP contribution is -2.30. The lowest BCUT2D eigenvalue weighted by atomic mass is 10.1. The summed E-state index contributed by atoms with van der Waals surface area (Å²) < 4.78 is 5.47. The summed E-state index contributed by atoms with van der Waals surface area (Å²) >= 11 is 0. The predicted molar refractivity (Wildman–Crippen MR) is 117 cm³/mol. The summed E-state index contributed by atoms with van der Waals surface area (Å²) in [6, 6.07) is 19.8. The Morgan fingerprint density at radius 2 is 1.48 bits per heavy atom. The van der Waals surface area contributed by atoms with E-state index >= 15 is 0 Å². The fraction of sp³-hybridized carbons (Fsp3) is 0.130. The molecule has 158 valence electrons. The maximum atomic E-state index is 12.4. The van der Waals surface area contributed by atoms with E-state index in [4.69, 9.17) is 4.74 Å². The zero-order valence-electron chi connectivity index (χ0n) is 17.0. The van der Waals surface area contributed by atoms with Crippen LogP contribution in [0, 0.1) is 17.0 Å². The molecule has 0 spiro atoms. The molecule has 1 atom stereocenters. The van der Waals surface area contributed by atoms with Gasteiger partial charge in [-0.2, -0.15) is 0 Å². The van der Waals surface area contributed by atoms with Gasteiger partial charge in [-0.05, 0) is 55.8 Å². The second-order valence-electron chi connectivity index (χ2n) is 6.82. The van der Waals surface area contributed by atoms with Crippen LogP contribution in [0.4, 0.5) is 17.1 Å². The molecule has 0 saturated heterocycles. The Morgan fingerprint density at radius 1 is 0.903 bits per heavy atom. The largest absolute Gasteiger partial charge is 0.474 e. The smallest absolute Gasteiger partial charge is 0.310 e. The van der Waals surface area contributed by atoms with Crippen LogP contribution in [0.1, 0.15) is 22.8 Å². The zero-order valence-corrected chi connectivity index (χ0v) is 17.0. The van der Waals surface area contributed by atoms with E-state index in [9.17, 15) is 19.7 Å². The van der Waals surface area contributed by atoms with E-state index in [1.54, 1.807) is 42.5 Å². The van der Waals surface area contributed by atoms with Crippen LogP contribution >= 0.6 is 0 Å². The van der Waals surface area contributed by atoms with Gasteiger partial charge < -0.3 is 15.4 Å². The molecule has 0 aliphatic heterocycles. The molecule has 0 bridgehead atoms. The number of carbonyl (C=O) groups is 2. The monoisotopic (exact) mass is 419 g/mol. The molecule has 0 fully saturated rings. The number of aryl methyl sites for hydroxylation is 1. The van der Waals surface area contributed by atoms with Crippen molar-refractivity contribution in [2.24, 2.45) is 0 Å². The number of nitrogens with one attached hydrogen (secondary N) is 2. The van der Waals surface area contributed by atoms with Crippen LogP contribution in [-0.2, 0) is 4.79 Å². The summed E-state index contributed by atoms with van der Waals surface area (Å²) in [4.78, 5) is 35.3. The topological polar surface area (TPSA) is 111 Å². The predicted octanol–water partition coefficient (Wildman–Crippen LogP) is 4.56. The van der Waals surface area contributed by atoms with Crippen LogP contribution in [0.5, 0.6) is 5.75 Å². The van der Waals surface area contributed by atoms with Crippen molar-refractivity contribution in [3.05, 3.63) is 94.0 Å². The quantitative estimate of drug-likeness (QED) is 0.431. The van der Waals surface area contributed by atoms with Gasteiger partial charge in [-0.25, -0.2) is 0 Å². The molecule has 2 amide bonds. The standard InChI is InChI=1S/C23H21N3O5/c1-15-7-3-4-8-19(15)23(28)25-18-13-11-17(12-14-18)24-22(27)16(2)31-21-10-6-5-9-20(21)26(29)30/h3-14,16H,1-2H3,(H,24,27)(H,25,28). The number of anilines is 2. The minimum absolute atomic E-state index is 0.0180. The highest BCUT2D eigenvalue weighted by molar-refractivity contribution is 6.05. The van der Waals surface area contributed by atoms with Crippen molar-refractivity contribution in [3.8, 4) is 5.75 Å². The first kappa shape index (κ1) is 21.5. The fourth-order valence-corrected chi connectivity index (χ4v) is 2.86. The number of rotatable bonds is 7. The van der Waals surface area contributed by atoms with E-state index in [0.29, 0.717) is 16.9 Å². The van der Waals surface area contributed by atoms with Gasteiger partial charge in [0, 0.05) is 23.0 Å². The Labute approximate surface area is 179 Å². The van der Waals surface area contributed by atoms with E-state index in [2.05, 4.69) is 10.6 Å². The molecule has 8 heteroatoms. The Balaban J connectivity index is 1.60. The third kappa shape index (κ3) is 5.45. The highest BCUT2D eigenvalue weighted by atomic mass is 16.6. The molecule has 31 heavy (non-hydrogen) atoms. The van der Waals surface area contributed by atoms with Crippen molar-refractivity contribution in [2.75, 3.05) is 10.6 Å². The van der Waals surface area contributed by atoms with Crippen LogP contribution in [0.3, 0.4) is 0 Å². The number of nitro benzene ring substituents is 1. The van der Waals surface area contributed by atoms with Crippen molar-refractivity contribution < 1.29 is 19.2 Å². The molecule has 0 aromatic heterocycles. The van der Waals surface area contributed by atoms with Gasteiger partial charge in [-0.3, -0.25) is 19.7 Å². The first-order valence-corrected chi connectivity index (χ1v) is 9.53. The molecular weight excluding hydrogens is 398 g/mol. The van der Waals surface area contributed by atoms with E-state index in [-0.39, 0.29) is 17.3 Å². The van der Waals surface area contributed by atoms with Crippen molar-refractivity contribution in [2.45, 2.75) is 20.0 Å². The van der Waals surface area contributed by atoms with Crippen LogP contribution in [0.15, 0.2) is 72.8 Å². The highest BCUT2D eigenvalue weighted by Gasteiger charge is 2.20. The number of nitro groups is 1. The molecule has 3 rings (SSSR count). The molecule has 0 aliphatic carbocycles. The Hall–Kier alpha value is -4.20. The molecule has 0 heterocycles. The summed E-state index contributed by atoms with van der Waals surface area (Å²) in [6.45, 7) is 3.36. The maximum absolute atomic E-state index is 12.4. The summed E-state index contributed by atoms with van der Waals surface area (Å²) in [7, 11) is 0. The first-order valence-electron chi connectivity index (χ1n) is 9.53. The van der Waals surface area contributed by atoms with E-state index < -0.39 is 16.9 Å². The van der Waals surface area contributed by atoms with Crippen molar-refractivity contribution >= 4 is 28.9 Å². The van der Waals surface area contributed by atoms with E-state index in [1.807, 2.05) is 19.1 Å². The number of hydrogen-bond donors (Lipinski definition) is 2. The molecule has 8 nitrogen and oxygen atoms in total. The van der Waals surface area contributed by atoms with E-state index in [1.165, 1.54) is 25.1 Å². The average Bonchev–Trinajstić information content (AvgIpc) is 2.75. The van der Waals surface area contributed by atoms with Crippen molar-refractivity contribution in [3.63, 3.8) is 0 Å². The molecule has 0 aliphatic rings. The number of benzene rings is 3. The Kier molecular flexibility index (Phi) is 6.61. The summed E-state index contributed by atoms with van der Waals surface area (Å²) in [5, 5.41) is 16.6. The van der Waals surface area contributed by atoms with Gasteiger partial charge in [0.15, 0.2) is 11.9 Å². The summed E-state index contributed by atoms with van der Waals surface area (Å²) in [5.74, 6) is -0.666. The van der Waals surface area contributed by atoms with Gasteiger partial charge in [0.1, 0.15) is 0 Å². The van der Waals surface area contributed by atoms with Crippen LogP contribution in [0.2, 0.25) is 0 Å². The summed E-state index contributed by atoms with van der Waals surface area (Å²) in [5.41, 5.74) is 2.32. The third-order valence-corrected chi connectivity index (χ3v) is 4.53. The second kappa shape index (κ2) is 9.53. The maximum Gasteiger partial charge on any atom is 0.310 e. The fourth-order valence-electron chi connectivity index (χ4n) is 2.86. The first-order chi connectivity index (χ1) is 14.8. The molecular formula is C23H21N3O5. The van der Waals surface area contributed by atoms with Gasteiger partial charge >= 0.3 is 5.69 Å². The van der Waals surface area contributed by atoms with Gasteiger partial charge in [0.05, 0.1) is 4.92 Å². The minimum Gasteiger partial charge on any atom is -0.474 e. The number of ether oxygens (including phenoxy) is 1. The third-order valence-electron chi connectivity index (χ3n) is 4.53. The highest BCUT2D eigenvalue weighted by Crippen LogP contribution is 2.27. The van der Waals surface area contributed by atoms with Crippen LogP contribution in [0.25, 0.3) is 0 Å². The molecule has 1 unspecified atom stereocenters. The molecule has 3 aromatic carbocycles. The molecule has 2 N–H and O–H groups in total. The number of para-hydroxylation sites is 2. The van der Waals surface area contributed by atoms with Gasteiger partial charge in [-0.15, -0.1) is 0 Å². The molecule has 0 saturated carbocycles. The van der Waals surface area contributed by atoms with Crippen molar-refractivity contribution in [1.82, 2.24) is 0 Å². The number of hydrogen-bond acceptors (Lipinski definition) is 5. The zero-order chi connectivity index (χ0) is 22.4. The lowest BCUT2D eigenvalue weighted by molar-refractivity contribution is -0.386. The van der Waals surface area contributed by atoms with Crippen LogP contribution < -0.4 is 15.4 Å². The Morgan fingerprint density at radius 3 is 2.13 bits per heavy atom.